The third-order valence-corrected chi connectivity index (χ3v) is 0. The van der Waals surface area contributed by atoms with Gasteiger partial charge in [-0.2, -0.15) is 0 Å². The standard InChI is InChI=1S/Dy.7FH.Zr/h;7*1H;/q+3;;;;;;;;+4/p-7. The van der Waals surface area contributed by atoms with E-state index in [1.54, 1.807) is 0 Å². The van der Waals surface area contributed by atoms with Crippen molar-refractivity contribution in [3.8, 4) is 0 Å². The molecule has 0 aliphatic heterocycles. The van der Waals surface area contributed by atoms with Gasteiger partial charge in [-0.25, -0.2) is 0 Å². The molecule has 0 fully saturated rings. The summed E-state index contributed by atoms with van der Waals surface area (Å²) in [6.07, 6.45) is 0. The first-order valence-electron chi connectivity index (χ1n) is 0. The molecule has 0 amide bonds. The molecule has 0 atom stereocenters. The van der Waals surface area contributed by atoms with Crippen molar-refractivity contribution >= 4 is 0 Å². The van der Waals surface area contributed by atoms with Gasteiger partial charge in [-0.05, 0) is 0 Å². The first-order valence-corrected chi connectivity index (χ1v) is 0. The topological polar surface area (TPSA) is 0 Å². The van der Waals surface area contributed by atoms with Gasteiger partial charge in [0, 0.05) is 0 Å². The van der Waals surface area contributed by atoms with Crippen LogP contribution in [0.3, 0.4) is 0 Å². The normalized spacial score (nSPS) is 0. The second-order valence-electron chi connectivity index (χ2n) is 0. The smallest absolute Gasteiger partial charge is 1.00 e. The minimum absolute atomic E-state index is 0. The Labute approximate surface area is 96.2 Å². The van der Waals surface area contributed by atoms with Crippen LogP contribution in [0.1, 0.15) is 0 Å². The summed E-state index contributed by atoms with van der Waals surface area (Å²) in [5, 5.41) is 0. The zero-order chi connectivity index (χ0) is 0. The average Bonchev–Trinajstić information content (AvgIpc) is 0. The summed E-state index contributed by atoms with van der Waals surface area (Å²) in [6.45, 7) is 0. The molecule has 0 nitrogen and oxygen atoms in total. The Kier molecular flexibility index (Phi) is 10400. The van der Waals surface area contributed by atoms with Crippen molar-refractivity contribution in [2.45, 2.75) is 0 Å². The third kappa shape index (κ3) is 205. The molecule has 0 N–H and O–H groups in total. The van der Waals surface area contributed by atoms with Crippen LogP contribution in [0, 0.1) is 38.2 Å². The largest absolute Gasteiger partial charge is 4.00 e. The Bertz CT molecular complexity index is 8.88. The molecule has 0 heterocycles. The summed E-state index contributed by atoms with van der Waals surface area (Å²) in [5.41, 5.74) is 0. The van der Waals surface area contributed by atoms with Crippen LogP contribution in [0.25, 0.3) is 0 Å². The third-order valence-electron chi connectivity index (χ3n) is 0. The fraction of sp³-hybridized carbons (Fsp3) is 0. The van der Waals surface area contributed by atoms with Crippen molar-refractivity contribution in [2.75, 3.05) is 0 Å². The van der Waals surface area contributed by atoms with Crippen molar-refractivity contribution in [2.24, 2.45) is 0 Å². The quantitative estimate of drug-likeness (QED) is 0.363. The zero-order valence-electron chi connectivity index (χ0n) is 3.46. The number of halogens is 7. The van der Waals surface area contributed by atoms with E-state index in [4.69, 9.17) is 0 Å². The van der Waals surface area contributed by atoms with Gasteiger partial charge in [0.1, 0.15) is 0 Å². The van der Waals surface area contributed by atoms with Gasteiger partial charge in [0.2, 0.25) is 0 Å². The summed E-state index contributed by atoms with van der Waals surface area (Å²) in [7, 11) is 0. The molecule has 63 valence electrons. The van der Waals surface area contributed by atoms with Crippen LogP contribution < -0.4 is 32.9 Å². The van der Waals surface area contributed by atoms with Gasteiger partial charge in [-0.1, -0.05) is 0 Å². The van der Waals surface area contributed by atoms with Crippen molar-refractivity contribution in [3.63, 3.8) is 0 Å². The summed E-state index contributed by atoms with van der Waals surface area (Å²) in [5.74, 6) is 0. The van der Waals surface area contributed by atoms with Gasteiger partial charge in [0.25, 0.3) is 0 Å². The van der Waals surface area contributed by atoms with Gasteiger partial charge in [0.05, 0.1) is 0 Å². The van der Waals surface area contributed by atoms with Crippen LogP contribution in [0.15, 0.2) is 0 Å². The monoisotopic (exact) mass is 387 g/mol. The fourth-order valence-electron chi connectivity index (χ4n) is 0. The predicted octanol–water partition coefficient (Wildman–Crippen LogP) is -21.0. The Balaban J connectivity index is 0. The van der Waals surface area contributed by atoms with E-state index in [1.807, 2.05) is 0 Å². The van der Waals surface area contributed by atoms with Crippen LogP contribution in [-0.2, 0) is 26.2 Å². The van der Waals surface area contributed by atoms with E-state index < -0.39 is 0 Å². The molecular weight excluding hydrogens is 387 g/mol. The summed E-state index contributed by atoms with van der Waals surface area (Å²) >= 11 is 0. The van der Waals surface area contributed by atoms with Crippen molar-refractivity contribution in [1.29, 1.82) is 0 Å². The minimum atomic E-state index is 0. The minimum Gasteiger partial charge on any atom is -1.00 e. The van der Waals surface area contributed by atoms with E-state index in [1.165, 1.54) is 0 Å². The van der Waals surface area contributed by atoms with E-state index >= 15 is 0 Å². The van der Waals surface area contributed by atoms with Crippen LogP contribution in [0.5, 0.6) is 0 Å². The molecule has 0 aromatic heterocycles. The van der Waals surface area contributed by atoms with E-state index in [9.17, 15) is 0 Å². The average molecular weight is 387 g/mol. The Morgan fingerprint density at radius 2 is 0.333 bits per heavy atom. The van der Waals surface area contributed by atoms with Crippen LogP contribution in [0.4, 0.5) is 0 Å². The van der Waals surface area contributed by atoms with E-state index in [0.717, 1.165) is 0 Å². The maximum absolute atomic E-state index is 0. The van der Waals surface area contributed by atoms with Crippen molar-refractivity contribution in [3.05, 3.63) is 0 Å². The Morgan fingerprint density at radius 3 is 0.333 bits per heavy atom. The molecule has 0 aromatic rings. The number of hydrogen-bond acceptors (Lipinski definition) is 0. The molecule has 0 bridgehead atoms. The molecule has 0 spiro atoms. The molecule has 9 heteroatoms. The van der Waals surface area contributed by atoms with Crippen LogP contribution in [-0.4, -0.2) is 0 Å². The molecule has 0 aliphatic carbocycles. The van der Waals surface area contributed by atoms with Crippen molar-refractivity contribution < 1.29 is 97.3 Å². The van der Waals surface area contributed by atoms with E-state index in [-0.39, 0.29) is 97.3 Å². The van der Waals surface area contributed by atoms with Gasteiger partial charge in [-0.3, -0.25) is 0 Å². The first-order chi connectivity index (χ1) is 0. The zero-order valence-corrected chi connectivity index (χ0v) is 7.95. The molecule has 0 rings (SSSR count). The van der Waals surface area contributed by atoms with Gasteiger partial charge < -0.3 is 32.9 Å². The molecule has 0 aliphatic rings. The molecule has 0 saturated carbocycles. The van der Waals surface area contributed by atoms with Gasteiger partial charge in [0.15, 0.2) is 0 Å². The molecule has 1 radical (unpaired) electrons. The van der Waals surface area contributed by atoms with E-state index in [0.29, 0.717) is 0 Å². The van der Waals surface area contributed by atoms with Crippen LogP contribution >= 0.6 is 0 Å². The summed E-state index contributed by atoms with van der Waals surface area (Å²) < 4.78 is 0. The number of hydrogen-bond donors (Lipinski definition) is 0. The maximum atomic E-state index is 0. The molecular formula is DyF7Zr. The van der Waals surface area contributed by atoms with E-state index in [2.05, 4.69) is 0 Å². The first kappa shape index (κ1) is 359. The molecule has 0 saturated heterocycles. The summed E-state index contributed by atoms with van der Waals surface area (Å²) in [4.78, 5) is 0. The molecule has 9 heavy (non-hydrogen) atoms. The Hall–Kier alpha value is 1.67. The van der Waals surface area contributed by atoms with Crippen molar-refractivity contribution in [1.82, 2.24) is 0 Å². The molecule has 0 aromatic carbocycles. The fourth-order valence-corrected chi connectivity index (χ4v) is 0. The molecule has 0 unspecified atom stereocenters. The second kappa shape index (κ2) is 262. The van der Waals surface area contributed by atoms with Crippen LogP contribution in [0.2, 0.25) is 0 Å². The van der Waals surface area contributed by atoms with Gasteiger partial charge >= 0.3 is 64.4 Å². The predicted molar refractivity (Wildman–Crippen MR) is 0 cm³/mol. The number of rotatable bonds is 0. The van der Waals surface area contributed by atoms with Gasteiger partial charge in [-0.15, -0.1) is 0 Å². The summed E-state index contributed by atoms with van der Waals surface area (Å²) in [6, 6.07) is 0. The SMILES string of the molecule is [Dy+3].[F-].[F-].[F-].[F-].[F-].[F-].[F-].[Zr+4]. The maximum Gasteiger partial charge on any atom is 4.00 e. The second-order valence-corrected chi connectivity index (χ2v) is 0. The Morgan fingerprint density at radius 1 is 0.333 bits per heavy atom.